The highest BCUT2D eigenvalue weighted by Gasteiger charge is 2.13. The normalized spacial score (nSPS) is 16.9. The van der Waals surface area contributed by atoms with Gasteiger partial charge in [0.15, 0.2) is 0 Å². The van der Waals surface area contributed by atoms with Crippen molar-refractivity contribution in [1.29, 1.82) is 0 Å². The second-order valence-corrected chi connectivity index (χ2v) is 6.04. The minimum absolute atomic E-state index is 0.920. The topological polar surface area (TPSA) is 29.3 Å². The number of hydrogen-bond donors (Lipinski definition) is 1. The van der Waals surface area contributed by atoms with Crippen molar-refractivity contribution >= 4 is 5.65 Å². The third-order valence-electron chi connectivity index (χ3n) is 4.58. The van der Waals surface area contributed by atoms with E-state index in [2.05, 4.69) is 40.0 Å². The Bertz CT molecular complexity index is 552. The van der Waals surface area contributed by atoms with Crippen LogP contribution < -0.4 is 5.32 Å². The van der Waals surface area contributed by atoms with Crippen molar-refractivity contribution in [2.24, 2.45) is 5.92 Å². The van der Waals surface area contributed by atoms with Gasteiger partial charge in [0, 0.05) is 12.7 Å². The lowest BCUT2D eigenvalue weighted by Crippen LogP contribution is -2.20. The van der Waals surface area contributed by atoms with Gasteiger partial charge in [0.25, 0.3) is 0 Å². The van der Waals surface area contributed by atoms with Crippen LogP contribution in [-0.2, 0) is 6.54 Å². The van der Waals surface area contributed by atoms with Crippen LogP contribution in [0, 0.1) is 12.8 Å². The van der Waals surface area contributed by atoms with Crippen LogP contribution in [-0.4, -0.2) is 15.9 Å². The summed E-state index contributed by atoms with van der Waals surface area (Å²) in [4.78, 5) is 4.60. The highest BCUT2D eigenvalue weighted by atomic mass is 15.0. The number of aryl methyl sites for hydroxylation is 1. The molecule has 0 saturated heterocycles. The quantitative estimate of drug-likeness (QED) is 0.840. The Hall–Kier alpha value is -1.35. The molecule has 1 saturated carbocycles. The summed E-state index contributed by atoms with van der Waals surface area (Å²) in [6, 6.07) is 6.18. The molecule has 1 N–H and O–H groups in total. The molecule has 0 amide bonds. The van der Waals surface area contributed by atoms with Gasteiger partial charge in [-0.1, -0.05) is 38.2 Å². The lowest BCUT2D eigenvalue weighted by Gasteiger charge is -2.21. The van der Waals surface area contributed by atoms with Crippen molar-refractivity contribution in [2.45, 2.75) is 52.0 Å². The predicted molar refractivity (Wildman–Crippen MR) is 82.8 cm³/mol. The zero-order chi connectivity index (χ0) is 13.8. The monoisotopic (exact) mass is 271 g/mol. The van der Waals surface area contributed by atoms with Gasteiger partial charge < -0.3 is 9.72 Å². The number of hydrogen-bond acceptors (Lipinski definition) is 2. The second-order valence-electron chi connectivity index (χ2n) is 6.04. The molecule has 2 aromatic heterocycles. The average molecular weight is 271 g/mol. The van der Waals surface area contributed by atoms with Gasteiger partial charge in [0.05, 0.1) is 11.4 Å². The van der Waals surface area contributed by atoms with E-state index in [1.54, 1.807) is 0 Å². The Labute approximate surface area is 121 Å². The van der Waals surface area contributed by atoms with Gasteiger partial charge in [0.2, 0.25) is 0 Å². The highest BCUT2D eigenvalue weighted by molar-refractivity contribution is 5.42. The van der Waals surface area contributed by atoms with Gasteiger partial charge in [-0.15, -0.1) is 0 Å². The van der Waals surface area contributed by atoms with Gasteiger partial charge in [0.1, 0.15) is 5.65 Å². The molecular weight excluding hydrogens is 246 g/mol. The lowest BCUT2D eigenvalue weighted by atomic mass is 9.87. The fraction of sp³-hybridized carbons (Fsp3) is 0.588. The summed E-state index contributed by atoms with van der Waals surface area (Å²) in [6.45, 7) is 4.15. The van der Waals surface area contributed by atoms with Gasteiger partial charge in [-0.3, -0.25) is 0 Å². The number of pyridine rings is 1. The Morgan fingerprint density at radius 2 is 2.10 bits per heavy atom. The van der Waals surface area contributed by atoms with Crippen molar-refractivity contribution in [3.05, 3.63) is 35.8 Å². The molecule has 1 fully saturated rings. The molecule has 2 aromatic rings. The average Bonchev–Trinajstić information content (AvgIpc) is 2.80. The first-order valence-corrected chi connectivity index (χ1v) is 7.98. The first-order valence-electron chi connectivity index (χ1n) is 7.98. The van der Waals surface area contributed by atoms with Gasteiger partial charge in [-0.2, -0.15) is 0 Å². The van der Waals surface area contributed by atoms with Crippen LogP contribution in [0.1, 0.15) is 49.9 Å². The van der Waals surface area contributed by atoms with Crippen molar-refractivity contribution in [2.75, 3.05) is 6.54 Å². The molecule has 0 aliphatic heterocycles. The van der Waals surface area contributed by atoms with Crippen LogP contribution in [0.15, 0.2) is 24.4 Å². The molecule has 0 atom stereocenters. The molecule has 0 spiro atoms. The number of nitrogens with one attached hydrogen (secondary N) is 1. The highest BCUT2D eigenvalue weighted by Crippen LogP contribution is 2.25. The third kappa shape index (κ3) is 3.04. The van der Waals surface area contributed by atoms with Crippen LogP contribution in [0.2, 0.25) is 0 Å². The zero-order valence-electron chi connectivity index (χ0n) is 12.4. The fourth-order valence-electron chi connectivity index (χ4n) is 3.37. The summed E-state index contributed by atoms with van der Waals surface area (Å²) < 4.78 is 2.20. The van der Waals surface area contributed by atoms with E-state index in [0.717, 1.165) is 30.3 Å². The number of fused-ring (bicyclic) bond motifs is 1. The maximum Gasteiger partial charge on any atom is 0.137 e. The maximum atomic E-state index is 4.60. The molecule has 108 valence electrons. The van der Waals surface area contributed by atoms with Crippen LogP contribution in [0.25, 0.3) is 5.65 Å². The second kappa shape index (κ2) is 6.40. The molecule has 1 aliphatic carbocycles. The summed E-state index contributed by atoms with van der Waals surface area (Å²) in [7, 11) is 0. The molecule has 3 nitrogen and oxygen atoms in total. The summed E-state index contributed by atoms with van der Waals surface area (Å²) >= 11 is 0. The van der Waals surface area contributed by atoms with Gasteiger partial charge in [-0.25, -0.2) is 4.98 Å². The maximum absolute atomic E-state index is 4.60. The SMILES string of the molecule is Cc1nc2ccccn2c1CNCCC1CCCCC1. The van der Waals surface area contributed by atoms with Crippen molar-refractivity contribution in [1.82, 2.24) is 14.7 Å². The molecular formula is C17H25N3. The third-order valence-corrected chi connectivity index (χ3v) is 4.58. The van der Waals surface area contributed by atoms with E-state index in [0.29, 0.717) is 0 Å². The molecule has 3 rings (SSSR count). The number of aromatic nitrogens is 2. The van der Waals surface area contributed by atoms with Crippen molar-refractivity contribution < 1.29 is 0 Å². The van der Waals surface area contributed by atoms with E-state index in [1.807, 2.05) is 6.07 Å². The molecule has 0 unspecified atom stereocenters. The van der Waals surface area contributed by atoms with E-state index < -0.39 is 0 Å². The van der Waals surface area contributed by atoms with E-state index in [9.17, 15) is 0 Å². The van der Waals surface area contributed by atoms with E-state index in [-0.39, 0.29) is 0 Å². The Morgan fingerprint density at radius 3 is 2.95 bits per heavy atom. The largest absolute Gasteiger partial charge is 0.311 e. The Morgan fingerprint density at radius 1 is 1.25 bits per heavy atom. The van der Waals surface area contributed by atoms with Crippen molar-refractivity contribution in [3.8, 4) is 0 Å². The number of nitrogens with zero attached hydrogens (tertiary/aromatic N) is 2. The predicted octanol–water partition coefficient (Wildman–Crippen LogP) is 3.70. The van der Waals surface area contributed by atoms with Gasteiger partial charge >= 0.3 is 0 Å². The molecule has 3 heteroatoms. The van der Waals surface area contributed by atoms with Crippen LogP contribution >= 0.6 is 0 Å². The first-order chi connectivity index (χ1) is 9.84. The summed E-state index contributed by atoms with van der Waals surface area (Å²) in [6.07, 6.45) is 10.6. The molecule has 0 radical (unpaired) electrons. The summed E-state index contributed by atoms with van der Waals surface area (Å²) in [5.41, 5.74) is 3.49. The Balaban J connectivity index is 1.53. The van der Waals surface area contributed by atoms with Crippen LogP contribution in [0.3, 0.4) is 0 Å². The lowest BCUT2D eigenvalue weighted by molar-refractivity contribution is 0.333. The molecule has 0 bridgehead atoms. The van der Waals surface area contributed by atoms with Crippen LogP contribution in [0.5, 0.6) is 0 Å². The van der Waals surface area contributed by atoms with E-state index in [4.69, 9.17) is 0 Å². The molecule has 20 heavy (non-hydrogen) atoms. The standard InChI is InChI=1S/C17H25N3/c1-14-16(20-12-6-5-9-17(20)19-14)13-18-11-10-15-7-3-2-4-8-15/h5-6,9,12,15,18H,2-4,7-8,10-11,13H2,1H3. The molecule has 0 aromatic carbocycles. The molecule has 1 aliphatic rings. The summed E-state index contributed by atoms with van der Waals surface area (Å²) in [5.74, 6) is 0.958. The minimum atomic E-state index is 0.920. The van der Waals surface area contributed by atoms with Gasteiger partial charge in [-0.05, 0) is 37.9 Å². The van der Waals surface area contributed by atoms with Crippen LogP contribution in [0.4, 0.5) is 0 Å². The van der Waals surface area contributed by atoms with Crippen molar-refractivity contribution in [3.63, 3.8) is 0 Å². The fourth-order valence-corrected chi connectivity index (χ4v) is 3.37. The van der Waals surface area contributed by atoms with E-state index >= 15 is 0 Å². The zero-order valence-corrected chi connectivity index (χ0v) is 12.4. The Kier molecular flexibility index (Phi) is 4.36. The smallest absolute Gasteiger partial charge is 0.137 e. The van der Waals surface area contributed by atoms with E-state index in [1.165, 1.54) is 44.2 Å². The minimum Gasteiger partial charge on any atom is -0.311 e. The number of rotatable bonds is 5. The first kappa shape index (κ1) is 13.6. The molecule has 2 heterocycles. The summed E-state index contributed by atoms with van der Waals surface area (Å²) in [5, 5.41) is 3.61. The number of imidazole rings is 1.